The Balaban J connectivity index is 1.17. The van der Waals surface area contributed by atoms with Gasteiger partial charge in [-0.05, 0) is 42.7 Å². The number of morpholine rings is 1. The van der Waals surface area contributed by atoms with Crippen LogP contribution in [-0.2, 0) is 11.3 Å². The predicted octanol–water partition coefficient (Wildman–Crippen LogP) is 4.96. The molecule has 4 heterocycles. The number of rotatable bonds is 6. The Labute approximate surface area is 208 Å². The molecule has 3 N–H and O–H groups in total. The molecule has 1 aliphatic carbocycles. The zero-order valence-electron chi connectivity index (χ0n) is 19.6. The van der Waals surface area contributed by atoms with Crippen molar-refractivity contribution in [3.63, 3.8) is 0 Å². The van der Waals surface area contributed by atoms with Crippen molar-refractivity contribution in [3.8, 4) is 10.6 Å². The van der Waals surface area contributed by atoms with Crippen LogP contribution in [0, 0.1) is 0 Å². The van der Waals surface area contributed by atoms with E-state index in [1.807, 2.05) is 18.3 Å². The number of hydrogen-bond acceptors (Lipinski definition) is 9. The third-order valence-electron chi connectivity index (χ3n) is 6.82. The van der Waals surface area contributed by atoms with Gasteiger partial charge in [-0.25, -0.2) is 4.98 Å². The topological polar surface area (TPSA) is 102 Å². The third-order valence-corrected chi connectivity index (χ3v) is 7.94. The predicted molar refractivity (Wildman–Crippen MR) is 140 cm³/mol. The molecule has 0 amide bonds. The molecule has 0 atom stereocenters. The van der Waals surface area contributed by atoms with Crippen LogP contribution in [-0.4, -0.2) is 51.4 Å². The summed E-state index contributed by atoms with van der Waals surface area (Å²) < 4.78 is 5.43. The van der Waals surface area contributed by atoms with Crippen molar-refractivity contribution >= 4 is 39.6 Å². The monoisotopic (exact) mass is 487 g/mol. The molecule has 0 radical (unpaired) electrons. The minimum Gasteiger partial charge on any atom is -0.383 e. The van der Waals surface area contributed by atoms with E-state index in [0.29, 0.717) is 11.7 Å². The number of nitrogen functional groups attached to an aromatic ring is 1. The largest absolute Gasteiger partial charge is 0.383 e. The van der Waals surface area contributed by atoms with Crippen molar-refractivity contribution in [2.45, 2.75) is 38.1 Å². The molecule has 2 fully saturated rings. The number of ether oxygens (including phenoxy) is 1. The summed E-state index contributed by atoms with van der Waals surface area (Å²) in [6.45, 7) is 4.56. The molecule has 0 spiro atoms. The lowest BCUT2D eigenvalue weighted by Gasteiger charge is -2.26. The van der Waals surface area contributed by atoms with Crippen molar-refractivity contribution < 1.29 is 4.74 Å². The van der Waals surface area contributed by atoms with Crippen LogP contribution in [0.3, 0.4) is 0 Å². The first-order valence-electron chi connectivity index (χ1n) is 12.3. The third kappa shape index (κ3) is 4.98. The highest BCUT2D eigenvalue weighted by atomic mass is 32.1. The molecule has 9 heteroatoms. The van der Waals surface area contributed by atoms with Gasteiger partial charge >= 0.3 is 0 Å². The molecular weight excluding hydrogens is 458 g/mol. The van der Waals surface area contributed by atoms with Gasteiger partial charge in [0.1, 0.15) is 10.8 Å². The van der Waals surface area contributed by atoms with Crippen LogP contribution in [0.4, 0.5) is 17.2 Å². The normalized spacial score (nSPS) is 17.3. The van der Waals surface area contributed by atoms with Crippen molar-refractivity contribution in [1.29, 1.82) is 0 Å². The quantitative estimate of drug-likeness (QED) is 0.393. The number of benzene rings is 1. The first-order chi connectivity index (χ1) is 17.2. The minimum absolute atomic E-state index is 0.457. The molecule has 35 heavy (non-hydrogen) atoms. The van der Waals surface area contributed by atoms with Crippen molar-refractivity contribution in [3.05, 3.63) is 53.2 Å². The van der Waals surface area contributed by atoms with Crippen LogP contribution in [0.5, 0.6) is 0 Å². The Morgan fingerprint density at radius 3 is 2.60 bits per heavy atom. The molecule has 1 saturated carbocycles. The number of hydrogen-bond donors (Lipinski definition) is 2. The minimum atomic E-state index is 0.457. The fraction of sp³-hybridized carbons (Fsp3) is 0.385. The molecule has 4 aromatic rings. The first kappa shape index (κ1) is 22.3. The molecule has 1 aliphatic heterocycles. The van der Waals surface area contributed by atoms with Crippen LogP contribution < -0.4 is 11.1 Å². The van der Waals surface area contributed by atoms with E-state index >= 15 is 0 Å². The van der Waals surface area contributed by atoms with Crippen LogP contribution in [0.15, 0.2) is 42.6 Å². The number of aromatic nitrogens is 4. The van der Waals surface area contributed by atoms with E-state index in [1.165, 1.54) is 31.2 Å². The average molecular weight is 488 g/mol. The van der Waals surface area contributed by atoms with E-state index < -0.39 is 0 Å². The van der Waals surface area contributed by atoms with Crippen molar-refractivity contribution in [1.82, 2.24) is 25.1 Å². The number of nitrogens with two attached hydrogens (primary N) is 1. The maximum atomic E-state index is 6.35. The number of fused-ring (bicyclic) bond motifs is 1. The second-order valence-corrected chi connectivity index (χ2v) is 10.3. The van der Waals surface area contributed by atoms with Gasteiger partial charge in [0.15, 0.2) is 5.01 Å². The summed E-state index contributed by atoms with van der Waals surface area (Å²) in [6.07, 6.45) is 6.79. The zero-order chi connectivity index (χ0) is 23.6. The molecule has 8 nitrogen and oxygen atoms in total. The summed E-state index contributed by atoms with van der Waals surface area (Å²) in [4.78, 5) is 11.7. The Bertz CT molecular complexity index is 1310. The highest BCUT2D eigenvalue weighted by Crippen LogP contribution is 2.38. The fourth-order valence-corrected chi connectivity index (χ4v) is 5.90. The second kappa shape index (κ2) is 9.85. The maximum Gasteiger partial charge on any atom is 0.151 e. The van der Waals surface area contributed by atoms with Gasteiger partial charge in [-0.3, -0.25) is 9.88 Å². The Hall–Kier alpha value is -3.14. The smallest absolute Gasteiger partial charge is 0.151 e. The van der Waals surface area contributed by atoms with Gasteiger partial charge in [-0.1, -0.05) is 36.3 Å². The van der Waals surface area contributed by atoms with E-state index in [-0.39, 0.29) is 0 Å². The molecule has 6 rings (SSSR count). The van der Waals surface area contributed by atoms with E-state index in [0.717, 1.165) is 70.8 Å². The Kier molecular flexibility index (Phi) is 6.28. The number of anilines is 3. The lowest BCUT2D eigenvalue weighted by atomic mass is 10.1. The Morgan fingerprint density at radius 2 is 1.80 bits per heavy atom. The van der Waals surface area contributed by atoms with E-state index in [9.17, 15) is 0 Å². The van der Waals surface area contributed by atoms with Gasteiger partial charge in [0.25, 0.3) is 0 Å². The molecule has 0 bridgehead atoms. The zero-order valence-corrected chi connectivity index (χ0v) is 20.4. The van der Waals surface area contributed by atoms with Gasteiger partial charge in [-0.2, -0.15) is 0 Å². The molecule has 1 saturated heterocycles. The summed E-state index contributed by atoms with van der Waals surface area (Å²) in [6, 6.07) is 12.5. The van der Waals surface area contributed by atoms with Gasteiger partial charge in [0, 0.05) is 31.2 Å². The van der Waals surface area contributed by atoms with Crippen LogP contribution in [0.2, 0.25) is 0 Å². The molecule has 180 valence electrons. The van der Waals surface area contributed by atoms with Crippen LogP contribution in [0.25, 0.3) is 21.6 Å². The SMILES string of the molecule is Nc1nc2cc(Nc3ccc(CN4CCOCC4)cc3)cnc2cc1-c1nnc(C2CCCC2)s1. The fourth-order valence-electron chi connectivity index (χ4n) is 4.86. The van der Waals surface area contributed by atoms with E-state index in [2.05, 4.69) is 54.6 Å². The first-order valence-corrected chi connectivity index (χ1v) is 13.1. The molecular formula is C26H29N7OS. The van der Waals surface area contributed by atoms with E-state index in [4.69, 9.17) is 10.5 Å². The summed E-state index contributed by atoms with van der Waals surface area (Å²) >= 11 is 1.63. The van der Waals surface area contributed by atoms with Gasteiger partial charge in [0.2, 0.25) is 0 Å². The standard InChI is InChI=1S/C26H29N7OS/c27-24-21(26-32-31-25(35-26)18-3-1-2-4-18)14-22-23(30-24)13-20(15-28-22)29-19-7-5-17(6-8-19)16-33-9-11-34-12-10-33/h5-8,13-15,18,29H,1-4,9-12,16H2,(H2,27,30). The van der Waals surface area contributed by atoms with Gasteiger partial charge in [0.05, 0.1) is 41.7 Å². The molecule has 3 aromatic heterocycles. The van der Waals surface area contributed by atoms with Crippen molar-refractivity contribution in [2.75, 3.05) is 37.4 Å². The Morgan fingerprint density at radius 1 is 1.00 bits per heavy atom. The maximum absolute atomic E-state index is 6.35. The number of nitrogens with zero attached hydrogens (tertiary/aromatic N) is 5. The summed E-state index contributed by atoms with van der Waals surface area (Å²) in [5.74, 6) is 0.995. The highest BCUT2D eigenvalue weighted by Gasteiger charge is 2.22. The molecule has 0 unspecified atom stereocenters. The summed E-state index contributed by atoms with van der Waals surface area (Å²) in [5.41, 5.74) is 11.9. The van der Waals surface area contributed by atoms with Crippen molar-refractivity contribution in [2.24, 2.45) is 0 Å². The second-order valence-electron chi connectivity index (χ2n) is 9.32. The van der Waals surface area contributed by atoms with Gasteiger partial charge < -0.3 is 15.8 Å². The number of nitrogens with one attached hydrogen (secondary N) is 1. The summed E-state index contributed by atoms with van der Waals surface area (Å²) in [7, 11) is 0. The summed E-state index contributed by atoms with van der Waals surface area (Å²) in [5, 5.41) is 14.2. The number of pyridine rings is 2. The average Bonchev–Trinajstić information content (AvgIpc) is 3.58. The highest BCUT2D eigenvalue weighted by molar-refractivity contribution is 7.14. The van der Waals surface area contributed by atoms with Crippen LogP contribution >= 0.6 is 11.3 Å². The molecule has 2 aliphatic rings. The lowest BCUT2D eigenvalue weighted by molar-refractivity contribution is 0.0342. The van der Waals surface area contributed by atoms with Gasteiger partial charge in [-0.15, -0.1) is 10.2 Å². The lowest BCUT2D eigenvalue weighted by Crippen LogP contribution is -2.35. The molecule has 1 aromatic carbocycles. The van der Waals surface area contributed by atoms with Crippen LogP contribution in [0.1, 0.15) is 42.2 Å². The van der Waals surface area contributed by atoms with E-state index in [1.54, 1.807) is 11.3 Å².